The number of carbonyl (C=O) groups excluding carboxylic acids is 2. The summed E-state index contributed by atoms with van der Waals surface area (Å²) in [6.07, 6.45) is 2.99. The number of rotatable bonds is 5. The lowest BCUT2D eigenvalue weighted by Gasteiger charge is -2.26. The van der Waals surface area contributed by atoms with Crippen molar-refractivity contribution in [3.05, 3.63) is 59.7 Å². The first-order valence-electron chi connectivity index (χ1n) is 8.62. The van der Waals surface area contributed by atoms with Gasteiger partial charge in [-0.3, -0.25) is 9.59 Å². The molecule has 1 aliphatic rings. The van der Waals surface area contributed by atoms with E-state index in [4.69, 9.17) is 5.73 Å². The average Bonchev–Trinajstić information content (AvgIpc) is 2.63. The minimum atomic E-state index is -0.0277. The molecule has 0 saturated carbocycles. The molecule has 2 aromatic rings. The standard InChI is InChI=1S/C20H23N3O2.ClH/c21-17-8-4-15(5-9-17)13-19(24)22-14-16-6-10-18(11-7-16)23-12-2-1-3-20(23)25;/h4-11H,1-3,12-14,21H2,(H,22,24);1H. The summed E-state index contributed by atoms with van der Waals surface area (Å²) in [4.78, 5) is 25.8. The van der Waals surface area contributed by atoms with Crippen molar-refractivity contribution >= 4 is 35.6 Å². The zero-order valence-corrected chi connectivity index (χ0v) is 15.4. The Morgan fingerprint density at radius 2 is 1.65 bits per heavy atom. The molecule has 138 valence electrons. The third-order valence-corrected chi connectivity index (χ3v) is 4.41. The highest BCUT2D eigenvalue weighted by Gasteiger charge is 2.19. The Morgan fingerprint density at radius 3 is 2.31 bits per heavy atom. The normalized spacial score (nSPS) is 13.8. The first kappa shape index (κ1) is 19.8. The Bertz CT molecular complexity index is 745. The van der Waals surface area contributed by atoms with Crippen LogP contribution in [0.4, 0.5) is 11.4 Å². The maximum atomic E-state index is 12.0. The van der Waals surface area contributed by atoms with Gasteiger partial charge in [-0.2, -0.15) is 0 Å². The summed E-state index contributed by atoms with van der Waals surface area (Å²) in [7, 11) is 0. The first-order valence-corrected chi connectivity index (χ1v) is 8.62. The van der Waals surface area contributed by atoms with Gasteiger partial charge in [-0.25, -0.2) is 0 Å². The van der Waals surface area contributed by atoms with Crippen LogP contribution in [0.5, 0.6) is 0 Å². The molecular formula is C20H24ClN3O2. The molecule has 5 nitrogen and oxygen atoms in total. The van der Waals surface area contributed by atoms with Crippen LogP contribution in [0.1, 0.15) is 30.4 Å². The lowest BCUT2D eigenvalue weighted by Crippen LogP contribution is -2.35. The number of hydrogen-bond donors (Lipinski definition) is 2. The van der Waals surface area contributed by atoms with Gasteiger partial charge in [0.1, 0.15) is 0 Å². The number of nitrogen functional groups attached to an aromatic ring is 1. The number of piperidine rings is 1. The van der Waals surface area contributed by atoms with Crippen LogP contribution in [-0.4, -0.2) is 18.4 Å². The predicted octanol–water partition coefficient (Wildman–Crippen LogP) is 3.07. The minimum absolute atomic E-state index is 0. The molecule has 6 heteroatoms. The molecule has 2 amide bonds. The lowest BCUT2D eigenvalue weighted by atomic mass is 10.1. The Labute approximate surface area is 160 Å². The summed E-state index contributed by atoms with van der Waals surface area (Å²) in [5.74, 6) is 0.163. The summed E-state index contributed by atoms with van der Waals surface area (Å²) in [5, 5.41) is 2.92. The average molecular weight is 374 g/mol. The second kappa shape index (κ2) is 9.25. The number of halogens is 1. The second-order valence-corrected chi connectivity index (χ2v) is 6.36. The Hall–Kier alpha value is -2.53. The number of carbonyl (C=O) groups is 2. The van der Waals surface area contributed by atoms with Crippen LogP contribution < -0.4 is 16.0 Å². The van der Waals surface area contributed by atoms with Crippen molar-refractivity contribution in [1.29, 1.82) is 0 Å². The Kier molecular flexibility index (Phi) is 7.04. The van der Waals surface area contributed by atoms with Gasteiger partial charge in [0.15, 0.2) is 0 Å². The summed E-state index contributed by atoms with van der Waals surface area (Å²) in [6.45, 7) is 1.26. The van der Waals surface area contributed by atoms with Crippen molar-refractivity contribution in [2.24, 2.45) is 0 Å². The molecule has 3 rings (SSSR count). The van der Waals surface area contributed by atoms with E-state index in [1.165, 1.54) is 0 Å². The maximum absolute atomic E-state index is 12.0. The van der Waals surface area contributed by atoms with Gasteiger partial charge in [0.05, 0.1) is 6.42 Å². The van der Waals surface area contributed by atoms with E-state index in [-0.39, 0.29) is 24.2 Å². The van der Waals surface area contributed by atoms with E-state index in [0.29, 0.717) is 25.1 Å². The van der Waals surface area contributed by atoms with E-state index in [1.807, 2.05) is 41.3 Å². The molecule has 0 aliphatic carbocycles. The van der Waals surface area contributed by atoms with Gasteiger partial charge in [-0.15, -0.1) is 12.4 Å². The first-order chi connectivity index (χ1) is 12.1. The predicted molar refractivity (Wildman–Crippen MR) is 106 cm³/mol. The molecule has 1 saturated heterocycles. The molecule has 0 atom stereocenters. The molecule has 0 aromatic heterocycles. The van der Waals surface area contributed by atoms with E-state index < -0.39 is 0 Å². The molecule has 2 aromatic carbocycles. The maximum Gasteiger partial charge on any atom is 0.226 e. The fourth-order valence-corrected chi connectivity index (χ4v) is 2.96. The van der Waals surface area contributed by atoms with Gasteiger partial charge in [0, 0.05) is 30.9 Å². The molecule has 0 bridgehead atoms. The lowest BCUT2D eigenvalue weighted by molar-refractivity contribution is -0.121. The molecule has 0 unspecified atom stereocenters. The Morgan fingerprint density at radius 1 is 1.00 bits per heavy atom. The highest BCUT2D eigenvalue weighted by Crippen LogP contribution is 2.21. The quantitative estimate of drug-likeness (QED) is 0.791. The number of nitrogens with zero attached hydrogens (tertiary/aromatic N) is 1. The molecule has 1 fully saturated rings. The van der Waals surface area contributed by atoms with Crippen LogP contribution in [0.25, 0.3) is 0 Å². The monoisotopic (exact) mass is 373 g/mol. The van der Waals surface area contributed by atoms with Gasteiger partial charge in [0.25, 0.3) is 0 Å². The van der Waals surface area contributed by atoms with Crippen molar-refractivity contribution in [3.63, 3.8) is 0 Å². The molecule has 1 heterocycles. The van der Waals surface area contributed by atoms with Crippen LogP contribution in [0.3, 0.4) is 0 Å². The molecular weight excluding hydrogens is 350 g/mol. The van der Waals surface area contributed by atoms with Gasteiger partial charge >= 0.3 is 0 Å². The molecule has 0 spiro atoms. The van der Waals surface area contributed by atoms with E-state index in [2.05, 4.69) is 5.32 Å². The van der Waals surface area contributed by atoms with Gasteiger partial charge in [0.2, 0.25) is 11.8 Å². The second-order valence-electron chi connectivity index (χ2n) is 6.36. The summed E-state index contributed by atoms with van der Waals surface area (Å²) in [5.41, 5.74) is 9.21. The van der Waals surface area contributed by atoms with Gasteiger partial charge in [-0.05, 0) is 48.2 Å². The zero-order chi connectivity index (χ0) is 17.6. The summed E-state index contributed by atoms with van der Waals surface area (Å²) < 4.78 is 0. The van der Waals surface area contributed by atoms with E-state index in [0.717, 1.165) is 36.2 Å². The third-order valence-electron chi connectivity index (χ3n) is 4.41. The SMILES string of the molecule is Cl.Nc1ccc(CC(=O)NCc2ccc(N3CCCCC3=O)cc2)cc1. The van der Waals surface area contributed by atoms with Gasteiger partial charge < -0.3 is 16.0 Å². The fourth-order valence-electron chi connectivity index (χ4n) is 2.96. The number of hydrogen-bond acceptors (Lipinski definition) is 3. The smallest absolute Gasteiger partial charge is 0.226 e. The Balaban J connectivity index is 0.00000243. The number of benzene rings is 2. The van der Waals surface area contributed by atoms with Crippen LogP contribution >= 0.6 is 12.4 Å². The summed E-state index contributed by atoms with van der Waals surface area (Å²) >= 11 is 0. The number of amides is 2. The number of nitrogens with one attached hydrogen (secondary N) is 1. The van der Waals surface area contributed by atoms with Crippen molar-refractivity contribution in [3.8, 4) is 0 Å². The van der Waals surface area contributed by atoms with Gasteiger partial charge in [-0.1, -0.05) is 24.3 Å². The molecule has 3 N–H and O–H groups in total. The molecule has 26 heavy (non-hydrogen) atoms. The van der Waals surface area contributed by atoms with Crippen molar-refractivity contribution in [2.45, 2.75) is 32.2 Å². The van der Waals surface area contributed by atoms with Crippen molar-refractivity contribution < 1.29 is 9.59 Å². The van der Waals surface area contributed by atoms with Crippen LogP contribution in [0, 0.1) is 0 Å². The van der Waals surface area contributed by atoms with E-state index in [1.54, 1.807) is 12.1 Å². The zero-order valence-electron chi connectivity index (χ0n) is 14.6. The van der Waals surface area contributed by atoms with Crippen LogP contribution in [0.15, 0.2) is 48.5 Å². The fraction of sp³-hybridized carbons (Fsp3) is 0.300. The van der Waals surface area contributed by atoms with E-state index in [9.17, 15) is 9.59 Å². The topological polar surface area (TPSA) is 75.4 Å². The highest BCUT2D eigenvalue weighted by atomic mass is 35.5. The molecule has 1 aliphatic heterocycles. The van der Waals surface area contributed by atoms with Crippen molar-refractivity contribution in [1.82, 2.24) is 5.32 Å². The number of nitrogens with two attached hydrogens (primary N) is 1. The largest absolute Gasteiger partial charge is 0.399 e. The third kappa shape index (κ3) is 5.23. The summed E-state index contributed by atoms with van der Waals surface area (Å²) in [6, 6.07) is 15.1. The van der Waals surface area contributed by atoms with Crippen molar-refractivity contribution in [2.75, 3.05) is 17.2 Å². The minimum Gasteiger partial charge on any atom is -0.399 e. The van der Waals surface area contributed by atoms with Crippen LogP contribution in [-0.2, 0) is 22.6 Å². The van der Waals surface area contributed by atoms with E-state index >= 15 is 0 Å². The van der Waals surface area contributed by atoms with Crippen LogP contribution in [0.2, 0.25) is 0 Å². The highest BCUT2D eigenvalue weighted by molar-refractivity contribution is 5.93. The number of anilines is 2. The molecule has 0 radical (unpaired) electrons.